The molecule has 4 nitrogen and oxygen atoms in total. The molecule has 1 amide bonds. The van der Waals surface area contributed by atoms with E-state index in [0.717, 1.165) is 9.13 Å². The number of hydrogen-bond acceptors (Lipinski definition) is 2. The number of aryl methyl sites for hydroxylation is 1. The molecule has 0 fully saturated rings. The van der Waals surface area contributed by atoms with Gasteiger partial charge in [-0.25, -0.2) is 0 Å². The second kappa shape index (κ2) is 5.69. The van der Waals surface area contributed by atoms with E-state index in [1.54, 1.807) is 13.8 Å². The Bertz CT molecular complexity index is 463. The lowest BCUT2D eigenvalue weighted by Crippen LogP contribution is -2.39. The number of amides is 1. The monoisotopic (exact) mass is 361 g/mol. The van der Waals surface area contributed by atoms with Gasteiger partial charge in [-0.05, 0) is 55.0 Å². The third-order valence-electron chi connectivity index (χ3n) is 2.72. The minimum atomic E-state index is -0.968. The van der Waals surface area contributed by atoms with Crippen LogP contribution in [0.25, 0.3) is 0 Å². The van der Waals surface area contributed by atoms with Gasteiger partial charge in [-0.3, -0.25) is 9.59 Å². The molecule has 0 spiro atoms. The maximum Gasteiger partial charge on any atom is 0.310 e. The fourth-order valence-electron chi connectivity index (χ4n) is 1.38. The molecule has 0 aliphatic rings. The molecule has 0 saturated heterocycles. The van der Waals surface area contributed by atoms with Crippen molar-refractivity contribution >= 4 is 34.5 Å². The van der Waals surface area contributed by atoms with Gasteiger partial charge in [0, 0.05) is 10.1 Å². The quantitative estimate of drug-likeness (QED) is 0.810. The molecule has 0 unspecified atom stereocenters. The minimum Gasteiger partial charge on any atom is -0.481 e. The third-order valence-corrected chi connectivity index (χ3v) is 3.62. The second-order valence-electron chi connectivity index (χ2n) is 4.80. The van der Waals surface area contributed by atoms with Crippen LogP contribution in [-0.2, 0) is 4.79 Å². The molecule has 0 aliphatic heterocycles. The first-order valence-corrected chi connectivity index (χ1v) is 6.60. The number of hydrogen-bond donors (Lipinski definition) is 2. The number of halogens is 1. The van der Waals surface area contributed by atoms with Crippen molar-refractivity contribution in [3.63, 3.8) is 0 Å². The Morgan fingerprint density at radius 2 is 2.00 bits per heavy atom. The van der Waals surface area contributed by atoms with Crippen molar-refractivity contribution in [2.24, 2.45) is 5.41 Å². The maximum atomic E-state index is 12.0. The van der Waals surface area contributed by atoms with E-state index in [-0.39, 0.29) is 12.5 Å². The molecule has 18 heavy (non-hydrogen) atoms. The second-order valence-corrected chi connectivity index (χ2v) is 5.97. The molecule has 0 saturated carbocycles. The average molecular weight is 361 g/mol. The van der Waals surface area contributed by atoms with Crippen LogP contribution in [0.5, 0.6) is 0 Å². The number of aliphatic carboxylic acids is 1. The lowest BCUT2D eigenvalue weighted by molar-refractivity contribution is -0.146. The molecule has 0 heterocycles. The Labute approximate surface area is 120 Å². The van der Waals surface area contributed by atoms with Crippen molar-refractivity contribution in [1.29, 1.82) is 0 Å². The predicted molar refractivity (Wildman–Crippen MR) is 77.6 cm³/mol. The lowest BCUT2D eigenvalue weighted by atomic mass is 9.93. The molecule has 0 radical (unpaired) electrons. The van der Waals surface area contributed by atoms with Crippen molar-refractivity contribution in [3.05, 3.63) is 32.9 Å². The Hall–Kier alpha value is -1.11. The zero-order valence-corrected chi connectivity index (χ0v) is 12.7. The zero-order chi connectivity index (χ0) is 13.9. The van der Waals surface area contributed by atoms with Crippen LogP contribution in [0.3, 0.4) is 0 Å². The molecular formula is C13H16INO3. The third kappa shape index (κ3) is 3.44. The highest BCUT2D eigenvalue weighted by Gasteiger charge is 2.28. The first kappa shape index (κ1) is 14.9. The van der Waals surface area contributed by atoms with Gasteiger partial charge in [0.1, 0.15) is 0 Å². The Morgan fingerprint density at radius 3 is 2.50 bits per heavy atom. The van der Waals surface area contributed by atoms with Gasteiger partial charge < -0.3 is 10.4 Å². The number of rotatable bonds is 4. The van der Waals surface area contributed by atoms with Crippen molar-refractivity contribution in [2.45, 2.75) is 20.8 Å². The fraction of sp³-hybridized carbons (Fsp3) is 0.385. The summed E-state index contributed by atoms with van der Waals surface area (Å²) in [4.78, 5) is 23.0. The molecule has 0 aliphatic carbocycles. The standard InChI is InChI=1S/C13H16INO3/c1-8-5-4-6-9(14)10(8)11(16)15-7-13(2,3)12(17)18/h4-6H,7H2,1-3H3,(H,15,16)(H,17,18). The van der Waals surface area contributed by atoms with E-state index in [2.05, 4.69) is 27.9 Å². The Kier molecular flexibility index (Phi) is 4.72. The van der Waals surface area contributed by atoms with Gasteiger partial charge in [-0.2, -0.15) is 0 Å². The highest BCUT2D eigenvalue weighted by Crippen LogP contribution is 2.18. The largest absolute Gasteiger partial charge is 0.481 e. The van der Waals surface area contributed by atoms with Crippen LogP contribution in [0, 0.1) is 15.9 Å². The van der Waals surface area contributed by atoms with E-state index in [0.29, 0.717) is 5.56 Å². The van der Waals surface area contributed by atoms with Crippen LogP contribution in [0.4, 0.5) is 0 Å². The number of carbonyl (C=O) groups is 2. The van der Waals surface area contributed by atoms with E-state index >= 15 is 0 Å². The zero-order valence-electron chi connectivity index (χ0n) is 10.6. The van der Waals surface area contributed by atoms with E-state index in [1.165, 1.54) is 0 Å². The van der Waals surface area contributed by atoms with Crippen molar-refractivity contribution in [2.75, 3.05) is 6.54 Å². The number of carbonyl (C=O) groups excluding carboxylic acids is 1. The summed E-state index contributed by atoms with van der Waals surface area (Å²) in [6.07, 6.45) is 0. The number of benzene rings is 1. The topological polar surface area (TPSA) is 66.4 Å². The first-order valence-electron chi connectivity index (χ1n) is 5.52. The Morgan fingerprint density at radius 1 is 1.39 bits per heavy atom. The van der Waals surface area contributed by atoms with Crippen molar-refractivity contribution < 1.29 is 14.7 Å². The summed E-state index contributed by atoms with van der Waals surface area (Å²) in [5.41, 5.74) is 0.524. The van der Waals surface area contributed by atoms with E-state index in [1.807, 2.05) is 25.1 Å². The van der Waals surface area contributed by atoms with Crippen molar-refractivity contribution in [3.8, 4) is 0 Å². The highest BCUT2D eigenvalue weighted by molar-refractivity contribution is 14.1. The van der Waals surface area contributed by atoms with Crippen LogP contribution < -0.4 is 5.32 Å². The summed E-state index contributed by atoms with van der Waals surface area (Å²) < 4.78 is 0.859. The summed E-state index contributed by atoms with van der Waals surface area (Å²) in [6, 6.07) is 5.60. The molecule has 1 rings (SSSR count). The lowest BCUT2D eigenvalue weighted by Gasteiger charge is -2.20. The molecule has 2 N–H and O–H groups in total. The van der Waals surface area contributed by atoms with Crippen LogP contribution in [0.1, 0.15) is 29.8 Å². The van der Waals surface area contributed by atoms with Gasteiger partial charge >= 0.3 is 5.97 Å². The summed E-state index contributed by atoms with van der Waals surface area (Å²) in [6.45, 7) is 5.13. The summed E-state index contributed by atoms with van der Waals surface area (Å²) in [5, 5.41) is 11.7. The summed E-state index contributed by atoms with van der Waals surface area (Å²) in [7, 11) is 0. The van der Waals surface area contributed by atoms with Crippen LogP contribution in [0.2, 0.25) is 0 Å². The number of carboxylic acid groups (broad SMARTS) is 1. The van der Waals surface area contributed by atoms with Gasteiger partial charge in [0.25, 0.3) is 5.91 Å². The molecule has 0 aromatic heterocycles. The summed E-state index contributed by atoms with van der Waals surface area (Å²) in [5.74, 6) is -1.16. The van der Waals surface area contributed by atoms with Gasteiger partial charge in [-0.1, -0.05) is 12.1 Å². The molecular weight excluding hydrogens is 345 g/mol. The van der Waals surface area contributed by atoms with Gasteiger partial charge in [0.2, 0.25) is 0 Å². The maximum absolute atomic E-state index is 12.0. The van der Waals surface area contributed by atoms with E-state index in [4.69, 9.17) is 5.11 Å². The SMILES string of the molecule is Cc1cccc(I)c1C(=O)NCC(C)(C)C(=O)O. The first-order chi connectivity index (χ1) is 8.25. The van der Waals surface area contributed by atoms with Gasteiger partial charge in [0.15, 0.2) is 0 Å². The molecule has 1 aromatic carbocycles. The normalized spacial score (nSPS) is 11.1. The molecule has 1 aromatic rings. The molecule has 0 atom stereocenters. The fourth-order valence-corrected chi connectivity index (χ4v) is 2.26. The minimum absolute atomic E-state index is 0.103. The van der Waals surface area contributed by atoms with E-state index < -0.39 is 11.4 Å². The Balaban J connectivity index is 2.82. The van der Waals surface area contributed by atoms with Crippen LogP contribution in [-0.4, -0.2) is 23.5 Å². The van der Waals surface area contributed by atoms with Crippen LogP contribution in [0.15, 0.2) is 18.2 Å². The molecule has 5 heteroatoms. The predicted octanol–water partition coefficient (Wildman–Crippen LogP) is 2.44. The van der Waals surface area contributed by atoms with Gasteiger partial charge in [0.05, 0.1) is 11.0 Å². The molecule has 0 bridgehead atoms. The average Bonchev–Trinajstić information content (AvgIpc) is 2.26. The highest BCUT2D eigenvalue weighted by atomic mass is 127. The summed E-state index contributed by atoms with van der Waals surface area (Å²) >= 11 is 2.10. The molecule has 98 valence electrons. The van der Waals surface area contributed by atoms with E-state index in [9.17, 15) is 9.59 Å². The number of nitrogens with one attached hydrogen (secondary N) is 1. The van der Waals surface area contributed by atoms with Gasteiger partial charge in [-0.15, -0.1) is 0 Å². The number of carboxylic acids is 1. The van der Waals surface area contributed by atoms with Crippen molar-refractivity contribution in [1.82, 2.24) is 5.32 Å². The van der Waals surface area contributed by atoms with Crippen LogP contribution >= 0.6 is 22.6 Å². The smallest absolute Gasteiger partial charge is 0.310 e.